The van der Waals surface area contributed by atoms with Gasteiger partial charge in [-0.05, 0) is 29.3 Å². The molecule has 1 aliphatic heterocycles. The molecule has 0 fully saturated rings. The number of esters is 1. The third-order valence-electron chi connectivity index (χ3n) is 3.11. The van der Waals surface area contributed by atoms with Gasteiger partial charge in [-0.1, -0.05) is 58.4 Å². The number of carbonyl (C=O) groups excluding carboxylic acids is 1. The molecule has 1 aliphatic rings. The number of carbonyl (C=O) groups is 1. The highest BCUT2D eigenvalue weighted by atomic mass is 79.9. The minimum atomic E-state index is -0.544. The van der Waals surface area contributed by atoms with E-state index >= 15 is 0 Å². The summed E-state index contributed by atoms with van der Waals surface area (Å²) in [5.74, 6) is -0.507. The highest BCUT2D eigenvalue weighted by molar-refractivity contribution is 9.10. The SMILES string of the molecule is O=C1O/C(=C\c2ccccc2)C(O)=C1c1ccc(Br)cc1. The fourth-order valence-electron chi connectivity index (χ4n) is 2.09. The summed E-state index contributed by atoms with van der Waals surface area (Å²) in [7, 11) is 0. The van der Waals surface area contributed by atoms with E-state index in [1.165, 1.54) is 0 Å². The van der Waals surface area contributed by atoms with Gasteiger partial charge in [0.15, 0.2) is 11.5 Å². The number of halogens is 1. The Hall–Kier alpha value is -2.33. The quantitative estimate of drug-likeness (QED) is 0.827. The molecule has 2 aromatic carbocycles. The van der Waals surface area contributed by atoms with Crippen LogP contribution in [0, 0.1) is 0 Å². The third-order valence-corrected chi connectivity index (χ3v) is 3.64. The van der Waals surface area contributed by atoms with Gasteiger partial charge in [-0.2, -0.15) is 0 Å². The third kappa shape index (κ3) is 2.76. The smallest absolute Gasteiger partial charge is 0.348 e. The van der Waals surface area contributed by atoms with Crippen molar-refractivity contribution in [3.63, 3.8) is 0 Å². The number of aliphatic hydroxyl groups is 1. The first-order valence-electron chi connectivity index (χ1n) is 6.33. The highest BCUT2D eigenvalue weighted by Gasteiger charge is 2.30. The van der Waals surface area contributed by atoms with Gasteiger partial charge in [-0.15, -0.1) is 0 Å². The summed E-state index contributed by atoms with van der Waals surface area (Å²) in [6.45, 7) is 0. The van der Waals surface area contributed by atoms with Crippen LogP contribution in [0.4, 0.5) is 0 Å². The van der Waals surface area contributed by atoms with Crippen molar-refractivity contribution < 1.29 is 14.6 Å². The molecule has 0 aliphatic carbocycles. The summed E-state index contributed by atoms with van der Waals surface area (Å²) in [6, 6.07) is 16.5. The van der Waals surface area contributed by atoms with Crippen molar-refractivity contribution in [1.82, 2.24) is 0 Å². The lowest BCUT2D eigenvalue weighted by Gasteiger charge is -1.99. The van der Waals surface area contributed by atoms with Gasteiger partial charge >= 0.3 is 5.97 Å². The van der Waals surface area contributed by atoms with E-state index in [1.807, 2.05) is 42.5 Å². The summed E-state index contributed by atoms with van der Waals surface area (Å²) < 4.78 is 6.06. The Balaban J connectivity index is 2.02. The Morgan fingerprint density at radius 3 is 2.33 bits per heavy atom. The van der Waals surface area contributed by atoms with E-state index in [0.29, 0.717) is 5.56 Å². The standard InChI is InChI=1S/C17H11BrO3/c18-13-8-6-12(7-9-13)15-16(19)14(21-17(15)20)10-11-4-2-1-3-5-11/h1-10,19H/b14-10-. The van der Waals surface area contributed by atoms with Gasteiger partial charge in [0.05, 0.1) is 0 Å². The van der Waals surface area contributed by atoms with Gasteiger partial charge in [-0.25, -0.2) is 4.79 Å². The van der Waals surface area contributed by atoms with E-state index in [1.54, 1.807) is 18.2 Å². The van der Waals surface area contributed by atoms with Gasteiger partial charge in [0, 0.05) is 4.47 Å². The van der Waals surface area contributed by atoms with Crippen LogP contribution in [0.15, 0.2) is 70.6 Å². The van der Waals surface area contributed by atoms with Crippen molar-refractivity contribution in [2.45, 2.75) is 0 Å². The molecule has 1 N–H and O–H groups in total. The molecule has 0 saturated heterocycles. The molecular formula is C17H11BrO3. The van der Waals surface area contributed by atoms with Crippen molar-refractivity contribution in [3.05, 3.63) is 81.7 Å². The number of rotatable bonds is 2. The molecule has 0 amide bonds. The normalized spacial score (nSPS) is 16.4. The van der Waals surface area contributed by atoms with Crippen LogP contribution in [-0.4, -0.2) is 11.1 Å². The zero-order valence-electron chi connectivity index (χ0n) is 10.9. The Morgan fingerprint density at radius 1 is 1.00 bits per heavy atom. The topological polar surface area (TPSA) is 46.5 Å². The molecule has 0 spiro atoms. The van der Waals surface area contributed by atoms with Crippen molar-refractivity contribution in [2.24, 2.45) is 0 Å². The first-order valence-corrected chi connectivity index (χ1v) is 7.13. The summed E-state index contributed by atoms with van der Waals surface area (Å²) in [4.78, 5) is 12.0. The molecule has 0 atom stereocenters. The number of hydrogen-bond acceptors (Lipinski definition) is 3. The summed E-state index contributed by atoms with van der Waals surface area (Å²) >= 11 is 3.33. The molecule has 1 heterocycles. The average Bonchev–Trinajstić information content (AvgIpc) is 2.76. The van der Waals surface area contributed by atoms with Crippen LogP contribution >= 0.6 is 15.9 Å². The second-order valence-corrected chi connectivity index (χ2v) is 5.45. The Labute approximate surface area is 130 Å². The highest BCUT2D eigenvalue weighted by Crippen LogP contribution is 2.33. The maximum Gasteiger partial charge on any atom is 0.348 e. The van der Waals surface area contributed by atoms with E-state index in [4.69, 9.17) is 4.74 Å². The van der Waals surface area contributed by atoms with Crippen LogP contribution in [0.2, 0.25) is 0 Å². The zero-order chi connectivity index (χ0) is 14.8. The predicted octanol–water partition coefficient (Wildman–Crippen LogP) is 4.32. The van der Waals surface area contributed by atoms with Gasteiger partial charge in [-0.3, -0.25) is 0 Å². The number of cyclic esters (lactones) is 1. The van der Waals surface area contributed by atoms with E-state index in [2.05, 4.69) is 15.9 Å². The fourth-order valence-corrected chi connectivity index (χ4v) is 2.35. The van der Waals surface area contributed by atoms with Crippen molar-refractivity contribution in [1.29, 1.82) is 0 Å². The summed E-state index contributed by atoms with van der Waals surface area (Å²) in [5, 5.41) is 10.3. The maximum absolute atomic E-state index is 12.0. The Morgan fingerprint density at radius 2 is 1.67 bits per heavy atom. The van der Waals surface area contributed by atoms with Crippen molar-refractivity contribution in [2.75, 3.05) is 0 Å². The van der Waals surface area contributed by atoms with Crippen LogP contribution in [0.25, 0.3) is 11.6 Å². The van der Waals surface area contributed by atoms with Crippen LogP contribution < -0.4 is 0 Å². The second kappa shape index (κ2) is 5.58. The predicted molar refractivity (Wildman–Crippen MR) is 84.2 cm³/mol. The summed E-state index contributed by atoms with van der Waals surface area (Å²) in [5.41, 5.74) is 1.66. The number of ether oxygens (including phenoxy) is 1. The maximum atomic E-state index is 12.0. The monoisotopic (exact) mass is 342 g/mol. The van der Waals surface area contributed by atoms with E-state index < -0.39 is 5.97 Å². The zero-order valence-corrected chi connectivity index (χ0v) is 12.5. The van der Waals surface area contributed by atoms with Gasteiger partial charge in [0.25, 0.3) is 0 Å². The van der Waals surface area contributed by atoms with Crippen LogP contribution in [0.3, 0.4) is 0 Å². The molecule has 3 nitrogen and oxygen atoms in total. The lowest BCUT2D eigenvalue weighted by atomic mass is 10.1. The first kappa shape index (κ1) is 13.6. The van der Waals surface area contributed by atoms with Crippen molar-refractivity contribution in [3.8, 4) is 0 Å². The van der Waals surface area contributed by atoms with E-state index in [0.717, 1.165) is 10.0 Å². The Bertz CT molecular complexity index is 743. The summed E-state index contributed by atoms with van der Waals surface area (Å²) in [6.07, 6.45) is 1.64. The second-order valence-electron chi connectivity index (χ2n) is 4.54. The molecule has 0 aromatic heterocycles. The lowest BCUT2D eigenvalue weighted by molar-refractivity contribution is -0.131. The van der Waals surface area contributed by atoms with Crippen LogP contribution in [-0.2, 0) is 9.53 Å². The number of aliphatic hydroxyl groups excluding tert-OH is 1. The fraction of sp³-hybridized carbons (Fsp3) is 0. The van der Waals surface area contributed by atoms with Gasteiger partial charge in [0.2, 0.25) is 0 Å². The molecule has 0 saturated carbocycles. The lowest BCUT2D eigenvalue weighted by Crippen LogP contribution is -1.98. The molecule has 21 heavy (non-hydrogen) atoms. The van der Waals surface area contributed by atoms with E-state index in [-0.39, 0.29) is 17.1 Å². The molecule has 104 valence electrons. The first-order chi connectivity index (χ1) is 10.1. The molecule has 0 bridgehead atoms. The van der Waals surface area contributed by atoms with Crippen LogP contribution in [0.5, 0.6) is 0 Å². The number of benzene rings is 2. The largest absolute Gasteiger partial charge is 0.504 e. The molecule has 0 unspecified atom stereocenters. The van der Waals surface area contributed by atoms with Crippen LogP contribution in [0.1, 0.15) is 11.1 Å². The van der Waals surface area contributed by atoms with Gasteiger partial charge in [0.1, 0.15) is 5.57 Å². The average molecular weight is 343 g/mol. The molecular weight excluding hydrogens is 332 g/mol. The minimum absolute atomic E-state index is 0.133. The molecule has 4 heteroatoms. The van der Waals surface area contributed by atoms with Crippen molar-refractivity contribution >= 4 is 33.5 Å². The Kier molecular flexibility index (Phi) is 3.62. The number of hydrogen-bond donors (Lipinski definition) is 1. The molecule has 3 rings (SSSR count). The molecule has 0 radical (unpaired) electrons. The van der Waals surface area contributed by atoms with E-state index in [9.17, 15) is 9.90 Å². The van der Waals surface area contributed by atoms with Gasteiger partial charge < -0.3 is 9.84 Å². The minimum Gasteiger partial charge on any atom is -0.504 e. The molecule has 2 aromatic rings.